The van der Waals surface area contributed by atoms with Gasteiger partial charge in [-0.25, -0.2) is 0 Å². The van der Waals surface area contributed by atoms with Crippen LogP contribution in [0.2, 0.25) is 0 Å². The van der Waals surface area contributed by atoms with Crippen molar-refractivity contribution in [3.8, 4) is 0 Å². The molecular weight excluding hydrogens is 254 g/mol. The number of methoxy groups -OCH3 is 1. The van der Waals surface area contributed by atoms with Crippen LogP contribution in [0.25, 0.3) is 0 Å². The molecule has 5 heteroatoms. The molecule has 1 aliphatic carbocycles. The zero-order chi connectivity index (χ0) is 14.8. The zero-order valence-electron chi connectivity index (χ0n) is 13.3. The molecule has 116 valence electrons. The average Bonchev–Trinajstić information content (AvgIpc) is 3.20. The van der Waals surface area contributed by atoms with Gasteiger partial charge in [0.15, 0.2) is 0 Å². The van der Waals surface area contributed by atoms with E-state index in [0.29, 0.717) is 6.04 Å². The zero-order valence-corrected chi connectivity index (χ0v) is 13.3. The number of hydrogen-bond acceptors (Lipinski definition) is 5. The third-order valence-corrected chi connectivity index (χ3v) is 4.26. The summed E-state index contributed by atoms with van der Waals surface area (Å²) in [5.74, 6) is -0.129. The van der Waals surface area contributed by atoms with Crippen LogP contribution in [0.5, 0.6) is 0 Å². The van der Waals surface area contributed by atoms with Gasteiger partial charge in [-0.05, 0) is 33.6 Å². The first-order valence-electron chi connectivity index (χ1n) is 7.71. The number of nitrogens with one attached hydrogen (secondary N) is 1. The Morgan fingerprint density at radius 3 is 2.30 bits per heavy atom. The minimum atomic E-state index is -0.173. The number of esters is 1. The fourth-order valence-electron chi connectivity index (χ4n) is 2.73. The third-order valence-electron chi connectivity index (χ3n) is 4.26. The molecule has 0 bridgehead atoms. The molecule has 1 atom stereocenters. The van der Waals surface area contributed by atoms with Crippen molar-refractivity contribution in [2.75, 3.05) is 39.8 Å². The predicted octanol–water partition coefficient (Wildman–Crippen LogP) is 0.696. The third kappa shape index (κ3) is 4.43. The van der Waals surface area contributed by atoms with Gasteiger partial charge in [0, 0.05) is 44.3 Å². The monoisotopic (exact) mass is 283 g/mol. The van der Waals surface area contributed by atoms with Gasteiger partial charge >= 0.3 is 5.97 Å². The van der Waals surface area contributed by atoms with Crippen LogP contribution in [0.4, 0.5) is 0 Å². The molecular formula is C15H29N3O2. The molecule has 1 saturated carbocycles. The highest BCUT2D eigenvalue weighted by Gasteiger charge is 2.32. The molecule has 0 aromatic rings. The Hall–Kier alpha value is -0.650. The van der Waals surface area contributed by atoms with Crippen LogP contribution in [0.1, 0.15) is 33.6 Å². The molecule has 1 N–H and O–H groups in total. The SMILES string of the molecule is COC(=O)C(CN1CCN(C(C)(C)C)CC1)NC1CC1. The molecule has 0 amide bonds. The molecule has 0 aromatic carbocycles. The molecule has 0 aromatic heterocycles. The number of carbonyl (C=O) groups excluding carboxylic acids is 1. The number of ether oxygens (including phenoxy) is 1. The second-order valence-electron chi connectivity index (χ2n) is 6.98. The lowest BCUT2D eigenvalue weighted by molar-refractivity contribution is -0.143. The van der Waals surface area contributed by atoms with Gasteiger partial charge in [-0.15, -0.1) is 0 Å². The standard InChI is InChI=1S/C15H29N3O2/c1-15(2,3)18-9-7-17(8-10-18)11-13(14(19)20-4)16-12-5-6-12/h12-13,16H,5-11H2,1-4H3. The summed E-state index contributed by atoms with van der Waals surface area (Å²) in [5.41, 5.74) is 0.236. The van der Waals surface area contributed by atoms with E-state index in [1.54, 1.807) is 0 Å². The number of nitrogens with zero attached hydrogens (tertiary/aromatic N) is 2. The van der Waals surface area contributed by atoms with Gasteiger partial charge in [0.05, 0.1) is 7.11 Å². The van der Waals surface area contributed by atoms with Crippen LogP contribution in [-0.2, 0) is 9.53 Å². The summed E-state index contributed by atoms with van der Waals surface area (Å²) in [6.07, 6.45) is 2.37. The summed E-state index contributed by atoms with van der Waals surface area (Å²) in [6, 6.07) is 0.351. The Kier molecular flexibility index (Phi) is 5.04. The van der Waals surface area contributed by atoms with Gasteiger partial charge in [-0.2, -0.15) is 0 Å². The van der Waals surface area contributed by atoms with Crippen molar-refractivity contribution >= 4 is 5.97 Å². The second kappa shape index (κ2) is 6.41. The molecule has 1 aliphatic heterocycles. The number of hydrogen-bond donors (Lipinski definition) is 1. The van der Waals surface area contributed by atoms with E-state index in [4.69, 9.17) is 4.74 Å². The Morgan fingerprint density at radius 1 is 1.25 bits per heavy atom. The summed E-state index contributed by atoms with van der Waals surface area (Å²) in [7, 11) is 1.47. The van der Waals surface area contributed by atoms with Crippen molar-refractivity contribution in [2.24, 2.45) is 0 Å². The van der Waals surface area contributed by atoms with E-state index in [-0.39, 0.29) is 17.6 Å². The van der Waals surface area contributed by atoms with Gasteiger partial charge in [-0.1, -0.05) is 0 Å². The Balaban J connectivity index is 1.81. The molecule has 0 radical (unpaired) electrons. The Labute approximate surface area is 122 Å². The summed E-state index contributed by atoms with van der Waals surface area (Å²) >= 11 is 0. The van der Waals surface area contributed by atoms with E-state index in [1.807, 2.05) is 0 Å². The minimum absolute atomic E-state index is 0.129. The first-order chi connectivity index (χ1) is 9.40. The molecule has 1 unspecified atom stereocenters. The van der Waals surface area contributed by atoms with Crippen molar-refractivity contribution < 1.29 is 9.53 Å². The van der Waals surface area contributed by atoms with Crippen LogP contribution < -0.4 is 5.32 Å². The van der Waals surface area contributed by atoms with Crippen molar-refractivity contribution in [3.05, 3.63) is 0 Å². The number of carbonyl (C=O) groups is 1. The van der Waals surface area contributed by atoms with E-state index in [1.165, 1.54) is 20.0 Å². The quantitative estimate of drug-likeness (QED) is 0.752. The van der Waals surface area contributed by atoms with Gasteiger partial charge in [0.2, 0.25) is 0 Å². The first-order valence-corrected chi connectivity index (χ1v) is 7.71. The van der Waals surface area contributed by atoms with Gasteiger partial charge in [0.25, 0.3) is 0 Å². The van der Waals surface area contributed by atoms with E-state index in [2.05, 4.69) is 35.9 Å². The van der Waals surface area contributed by atoms with Crippen molar-refractivity contribution in [3.63, 3.8) is 0 Å². The first kappa shape index (κ1) is 15.7. The number of piperazine rings is 1. The summed E-state index contributed by atoms with van der Waals surface area (Å²) in [5, 5.41) is 3.40. The Bertz CT molecular complexity index is 329. The van der Waals surface area contributed by atoms with Crippen LogP contribution in [0, 0.1) is 0 Å². The maximum Gasteiger partial charge on any atom is 0.324 e. The predicted molar refractivity (Wildman–Crippen MR) is 79.7 cm³/mol. The highest BCUT2D eigenvalue weighted by molar-refractivity contribution is 5.76. The van der Waals surface area contributed by atoms with Crippen LogP contribution >= 0.6 is 0 Å². The lowest BCUT2D eigenvalue weighted by Gasteiger charge is -2.42. The maximum absolute atomic E-state index is 11.9. The van der Waals surface area contributed by atoms with E-state index in [9.17, 15) is 4.79 Å². The maximum atomic E-state index is 11.9. The van der Waals surface area contributed by atoms with Crippen LogP contribution in [-0.4, -0.2) is 73.2 Å². The fraction of sp³-hybridized carbons (Fsp3) is 0.933. The van der Waals surface area contributed by atoms with E-state index >= 15 is 0 Å². The van der Waals surface area contributed by atoms with Crippen molar-refractivity contribution in [1.82, 2.24) is 15.1 Å². The molecule has 2 fully saturated rings. The van der Waals surface area contributed by atoms with Crippen LogP contribution in [0.15, 0.2) is 0 Å². The number of rotatable bonds is 5. The fourth-order valence-corrected chi connectivity index (χ4v) is 2.73. The highest BCUT2D eigenvalue weighted by Crippen LogP contribution is 2.20. The van der Waals surface area contributed by atoms with Gasteiger partial charge in [0.1, 0.15) is 6.04 Å². The lowest BCUT2D eigenvalue weighted by Crippen LogP contribution is -2.56. The molecule has 0 spiro atoms. The topological polar surface area (TPSA) is 44.8 Å². The normalized spacial score (nSPS) is 23.6. The largest absolute Gasteiger partial charge is 0.468 e. The molecule has 2 rings (SSSR count). The summed E-state index contributed by atoms with van der Waals surface area (Å²) in [4.78, 5) is 16.7. The molecule has 1 saturated heterocycles. The Morgan fingerprint density at radius 2 is 1.85 bits per heavy atom. The average molecular weight is 283 g/mol. The van der Waals surface area contributed by atoms with Gasteiger partial charge < -0.3 is 10.1 Å². The van der Waals surface area contributed by atoms with Gasteiger partial charge in [-0.3, -0.25) is 14.6 Å². The molecule has 5 nitrogen and oxygen atoms in total. The second-order valence-corrected chi connectivity index (χ2v) is 6.98. The molecule has 1 heterocycles. The minimum Gasteiger partial charge on any atom is -0.468 e. The summed E-state index contributed by atoms with van der Waals surface area (Å²) in [6.45, 7) is 11.7. The molecule has 2 aliphatic rings. The van der Waals surface area contributed by atoms with E-state index < -0.39 is 0 Å². The van der Waals surface area contributed by atoms with Crippen molar-refractivity contribution in [2.45, 2.75) is 51.2 Å². The van der Waals surface area contributed by atoms with Crippen LogP contribution in [0.3, 0.4) is 0 Å². The summed E-state index contributed by atoms with van der Waals surface area (Å²) < 4.78 is 4.92. The molecule has 20 heavy (non-hydrogen) atoms. The van der Waals surface area contributed by atoms with E-state index in [0.717, 1.165) is 32.7 Å². The highest BCUT2D eigenvalue weighted by atomic mass is 16.5. The lowest BCUT2D eigenvalue weighted by atomic mass is 10.0. The smallest absolute Gasteiger partial charge is 0.324 e. The van der Waals surface area contributed by atoms with Crippen molar-refractivity contribution in [1.29, 1.82) is 0 Å².